The molecule has 1 rings (SSSR count). The highest BCUT2D eigenvalue weighted by Gasteiger charge is 2.05. The molecule has 0 aliphatic rings. The van der Waals surface area contributed by atoms with Crippen LogP contribution < -0.4 is 0 Å². The second kappa shape index (κ2) is 5.78. The lowest BCUT2D eigenvalue weighted by molar-refractivity contribution is 0.988. The van der Waals surface area contributed by atoms with Crippen molar-refractivity contribution in [2.24, 2.45) is 0 Å². The minimum absolute atomic E-state index is 0.668. The third-order valence-electron chi connectivity index (χ3n) is 1.96. The zero-order chi connectivity index (χ0) is 9.68. The molecule has 0 nitrogen and oxygen atoms in total. The summed E-state index contributed by atoms with van der Waals surface area (Å²) in [6.07, 6.45) is 1.13. The molecule has 13 heavy (non-hydrogen) atoms. The minimum Gasteiger partial charge on any atom is -0.0622 e. The summed E-state index contributed by atoms with van der Waals surface area (Å²) in [6.45, 7) is 0. The highest BCUT2D eigenvalue weighted by molar-refractivity contribution is 9.14. The topological polar surface area (TPSA) is 0 Å². The Balaban J connectivity index is 2.60. The number of hydrogen-bond donors (Lipinski definition) is 0. The summed E-state index contributed by atoms with van der Waals surface area (Å²) in [5, 5.41) is 0. The van der Waals surface area contributed by atoms with Crippen LogP contribution in [0.1, 0.15) is 5.56 Å². The van der Waals surface area contributed by atoms with Crippen LogP contribution in [0.5, 0.6) is 0 Å². The summed E-state index contributed by atoms with van der Waals surface area (Å²) in [5.74, 6) is 0. The fourth-order valence-corrected chi connectivity index (χ4v) is 2.91. The van der Waals surface area contributed by atoms with Crippen molar-refractivity contribution in [3.63, 3.8) is 0 Å². The van der Waals surface area contributed by atoms with Crippen LogP contribution in [0.15, 0.2) is 39.8 Å². The van der Waals surface area contributed by atoms with Crippen LogP contribution in [0.2, 0.25) is 5.54 Å². The van der Waals surface area contributed by atoms with Crippen molar-refractivity contribution in [2.45, 2.75) is 12.0 Å². The fraction of sp³-hybridized carbons (Fsp3) is 0.200. The predicted molar refractivity (Wildman–Crippen MR) is 69.8 cm³/mol. The van der Waals surface area contributed by atoms with Gasteiger partial charge in [-0.2, -0.15) is 0 Å². The molecule has 70 valence electrons. The molecular weight excluding hydrogens is 308 g/mol. The van der Waals surface area contributed by atoms with E-state index >= 15 is 0 Å². The van der Waals surface area contributed by atoms with E-state index in [4.69, 9.17) is 0 Å². The molecule has 0 fully saturated rings. The Labute approximate surface area is 99.1 Å². The van der Waals surface area contributed by atoms with Crippen molar-refractivity contribution in [1.29, 1.82) is 0 Å². The van der Waals surface area contributed by atoms with E-state index in [9.17, 15) is 0 Å². The van der Waals surface area contributed by atoms with Crippen LogP contribution >= 0.6 is 31.9 Å². The maximum Gasteiger partial charge on any atom is 0.0134 e. The molecule has 0 heterocycles. The molecule has 3 heteroatoms. The predicted octanol–water partition coefficient (Wildman–Crippen LogP) is 3.01. The molecule has 0 aliphatic carbocycles. The second-order valence-electron chi connectivity index (χ2n) is 3.08. The first-order valence-corrected chi connectivity index (χ1v) is 7.10. The summed E-state index contributed by atoms with van der Waals surface area (Å²) in [6, 6.07) is 10.6. The van der Waals surface area contributed by atoms with Gasteiger partial charge in [-0.1, -0.05) is 62.2 Å². The van der Waals surface area contributed by atoms with E-state index in [0.29, 0.717) is 5.54 Å². The zero-order valence-corrected chi connectivity index (χ0v) is 12.7. The van der Waals surface area contributed by atoms with Crippen LogP contribution in [-0.2, 0) is 6.42 Å². The number of hydrogen-bond acceptors (Lipinski definition) is 0. The molecule has 0 aliphatic heterocycles. The lowest BCUT2D eigenvalue weighted by atomic mass is 10.1. The van der Waals surface area contributed by atoms with E-state index in [1.807, 2.05) is 4.99 Å². The van der Waals surface area contributed by atoms with Gasteiger partial charge in [-0.15, -0.1) is 0 Å². The maximum absolute atomic E-state index is 3.55. The van der Waals surface area contributed by atoms with E-state index in [1.54, 1.807) is 0 Å². The summed E-state index contributed by atoms with van der Waals surface area (Å²) in [7, 11) is 1.17. The highest BCUT2D eigenvalue weighted by Crippen LogP contribution is 2.25. The van der Waals surface area contributed by atoms with E-state index < -0.39 is 0 Å². The summed E-state index contributed by atoms with van der Waals surface area (Å²) >= 11 is 6.89. The van der Waals surface area contributed by atoms with Crippen LogP contribution in [0.3, 0.4) is 0 Å². The SMILES string of the molecule is [SiH3]C(Cc1ccccc1)C(Br)=CBr. The largest absolute Gasteiger partial charge is 0.0622 e. The van der Waals surface area contributed by atoms with Gasteiger partial charge >= 0.3 is 0 Å². The molecule has 1 aromatic carbocycles. The molecule has 0 bridgehead atoms. The van der Waals surface area contributed by atoms with Crippen molar-refractivity contribution in [3.8, 4) is 0 Å². The van der Waals surface area contributed by atoms with Gasteiger partial charge in [0.05, 0.1) is 0 Å². The third-order valence-corrected chi connectivity index (χ3v) is 5.95. The average Bonchev–Trinajstić information content (AvgIpc) is 2.18. The molecule has 1 atom stereocenters. The maximum atomic E-state index is 3.55. The van der Waals surface area contributed by atoms with Gasteiger partial charge in [0.2, 0.25) is 0 Å². The lowest BCUT2D eigenvalue weighted by Gasteiger charge is -2.09. The zero-order valence-electron chi connectivity index (χ0n) is 7.50. The average molecular weight is 320 g/mol. The molecule has 0 aromatic heterocycles. The molecule has 0 amide bonds. The fourth-order valence-electron chi connectivity index (χ4n) is 1.17. The van der Waals surface area contributed by atoms with E-state index in [1.165, 1.54) is 20.3 Å². The van der Waals surface area contributed by atoms with Gasteiger partial charge in [-0.3, -0.25) is 0 Å². The first kappa shape index (κ1) is 11.2. The monoisotopic (exact) mass is 318 g/mol. The van der Waals surface area contributed by atoms with Crippen molar-refractivity contribution in [2.75, 3.05) is 0 Å². The van der Waals surface area contributed by atoms with Crippen LogP contribution in [0.25, 0.3) is 0 Å². The van der Waals surface area contributed by atoms with Crippen molar-refractivity contribution in [3.05, 3.63) is 45.4 Å². The number of halogens is 2. The van der Waals surface area contributed by atoms with Gasteiger partial charge in [-0.25, -0.2) is 0 Å². The van der Waals surface area contributed by atoms with Gasteiger partial charge in [-0.05, 0) is 22.5 Å². The Morgan fingerprint density at radius 3 is 2.54 bits per heavy atom. The first-order valence-electron chi connectivity index (χ1n) is 4.23. The minimum atomic E-state index is 0.668. The Bertz CT molecular complexity index is 282. The number of benzene rings is 1. The summed E-state index contributed by atoms with van der Waals surface area (Å²) in [5.41, 5.74) is 2.08. The quantitative estimate of drug-likeness (QED) is 0.751. The van der Waals surface area contributed by atoms with Crippen LogP contribution in [0, 0.1) is 0 Å². The Kier molecular flexibility index (Phi) is 4.99. The highest BCUT2D eigenvalue weighted by atomic mass is 79.9. The molecular formula is C10H12Br2Si. The molecule has 0 saturated heterocycles. The van der Waals surface area contributed by atoms with Gasteiger partial charge in [0.25, 0.3) is 0 Å². The molecule has 0 saturated carbocycles. The summed E-state index contributed by atoms with van der Waals surface area (Å²) < 4.78 is 1.27. The standard InChI is InChI=1S/C10H12Br2Si/c11-7-9(12)10(13)6-8-4-2-1-3-5-8/h1-5,7,10H,6H2,13H3. The van der Waals surface area contributed by atoms with E-state index in [2.05, 4.69) is 62.2 Å². The van der Waals surface area contributed by atoms with Gasteiger partial charge in [0, 0.05) is 14.7 Å². The second-order valence-corrected chi connectivity index (χ2v) is 5.85. The Morgan fingerprint density at radius 1 is 1.38 bits per heavy atom. The Morgan fingerprint density at radius 2 is 2.00 bits per heavy atom. The molecule has 0 spiro atoms. The van der Waals surface area contributed by atoms with Gasteiger partial charge in [0.1, 0.15) is 0 Å². The van der Waals surface area contributed by atoms with Gasteiger partial charge < -0.3 is 0 Å². The molecule has 1 unspecified atom stereocenters. The van der Waals surface area contributed by atoms with Gasteiger partial charge in [0.15, 0.2) is 0 Å². The van der Waals surface area contributed by atoms with Crippen LogP contribution in [0.4, 0.5) is 0 Å². The molecule has 0 N–H and O–H groups in total. The van der Waals surface area contributed by atoms with E-state index in [0.717, 1.165) is 6.42 Å². The van der Waals surface area contributed by atoms with E-state index in [-0.39, 0.29) is 0 Å². The number of allylic oxidation sites excluding steroid dienone is 1. The Hall–Kier alpha value is 0.137. The molecule has 0 radical (unpaired) electrons. The smallest absolute Gasteiger partial charge is 0.0134 e. The van der Waals surface area contributed by atoms with Crippen molar-refractivity contribution < 1.29 is 0 Å². The lowest BCUT2D eigenvalue weighted by Crippen LogP contribution is -1.96. The normalized spacial score (nSPS) is 14.5. The molecule has 1 aromatic rings. The van der Waals surface area contributed by atoms with Crippen LogP contribution in [-0.4, -0.2) is 10.2 Å². The van der Waals surface area contributed by atoms with Crippen molar-refractivity contribution >= 4 is 42.1 Å². The summed E-state index contributed by atoms with van der Waals surface area (Å²) in [4.78, 5) is 1.97. The number of rotatable bonds is 3. The first-order chi connectivity index (χ1) is 6.24. The third kappa shape index (κ3) is 3.79. The van der Waals surface area contributed by atoms with Crippen molar-refractivity contribution in [1.82, 2.24) is 0 Å².